The molecular weight excluding hydrogens is 344 g/mol. The molecule has 3 aromatic rings. The summed E-state index contributed by atoms with van der Waals surface area (Å²) in [5.41, 5.74) is 1.72. The topological polar surface area (TPSA) is 65.5 Å². The minimum atomic E-state index is -0.390. The maximum absolute atomic E-state index is 11.0. The Bertz CT molecular complexity index is 944. The molecule has 1 aromatic heterocycles. The number of nitro groups is 1. The maximum atomic E-state index is 11.0. The molecule has 0 aliphatic carbocycles. The van der Waals surface area contributed by atoms with Crippen LogP contribution in [0, 0.1) is 10.1 Å². The number of hydrogen-bond acceptors (Lipinski definition) is 4. The quantitative estimate of drug-likeness (QED) is 0.380. The molecule has 0 saturated heterocycles. The van der Waals surface area contributed by atoms with Crippen LogP contribution in [0.4, 0.5) is 5.69 Å². The lowest BCUT2D eigenvalue weighted by Crippen LogP contribution is -3.00. The van der Waals surface area contributed by atoms with Gasteiger partial charge in [-0.2, -0.15) is 0 Å². The Hall–Kier alpha value is -2.86. The SMILES string of the molecule is COc1cc2cc(-c3cccc([N+](=O)[O-])c3)[n+](C)cc2cc1OC.[Cl-]. The fourth-order valence-corrected chi connectivity index (χ4v) is 2.74. The van der Waals surface area contributed by atoms with E-state index in [2.05, 4.69) is 0 Å². The van der Waals surface area contributed by atoms with E-state index in [9.17, 15) is 10.1 Å². The van der Waals surface area contributed by atoms with E-state index >= 15 is 0 Å². The number of aryl methyl sites for hydroxylation is 1. The van der Waals surface area contributed by atoms with Crippen molar-refractivity contribution >= 4 is 16.5 Å². The standard InChI is InChI=1S/C18H17N2O4.ClH/c1-19-11-14-10-18(24-3)17(23-2)9-13(14)8-16(19)12-5-4-6-15(7-12)20(21)22;/h4-11H,1-3H3;1H/q+1;/p-1. The van der Waals surface area contributed by atoms with Gasteiger partial charge in [-0.15, -0.1) is 0 Å². The van der Waals surface area contributed by atoms with Crippen molar-refractivity contribution in [2.24, 2.45) is 7.05 Å². The average molecular weight is 361 g/mol. The van der Waals surface area contributed by atoms with Crippen LogP contribution in [0.2, 0.25) is 0 Å². The molecule has 25 heavy (non-hydrogen) atoms. The zero-order valence-electron chi connectivity index (χ0n) is 14.0. The van der Waals surface area contributed by atoms with Gasteiger partial charge in [-0.1, -0.05) is 6.07 Å². The number of methoxy groups -OCH3 is 2. The molecule has 0 amide bonds. The van der Waals surface area contributed by atoms with Crippen LogP contribution in [0.25, 0.3) is 22.0 Å². The summed E-state index contributed by atoms with van der Waals surface area (Å²) in [5, 5.41) is 13.0. The van der Waals surface area contributed by atoms with E-state index < -0.39 is 4.92 Å². The predicted molar refractivity (Wildman–Crippen MR) is 90.3 cm³/mol. The molecule has 0 saturated carbocycles. The minimum absolute atomic E-state index is 0. The molecule has 0 atom stereocenters. The Kier molecular flexibility index (Phi) is 5.44. The fourth-order valence-electron chi connectivity index (χ4n) is 2.74. The van der Waals surface area contributed by atoms with E-state index in [4.69, 9.17) is 9.47 Å². The van der Waals surface area contributed by atoms with E-state index in [0.717, 1.165) is 22.0 Å². The van der Waals surface area contributed by atoms with Crippen LogP contribution in [0.1, 0.15) is 0 Å². The van der Waals surface area contributed by atoms with Gasteiger partial charge in [0.2, 0.25) is 5.69 Å². The lowest BCUT2D eigenvalue weighted by atomic mass is 10.1. The van der Waals surface area contributed by atoms with Gasteiger partial charge in [0.05, 0.1) is 24.7 Å². The van der Waals surface area contributed by atoms with Gasteiger partial charge in [-0.3, -0.25) is 10.1 Å². The number of ether oxygens (including phenoxy) is 2. The lowest BCUT2D eigenvalue weighted by molar-refractivity contribution is -0.659. The third kappa shape index (κ3) is 3.49. The summed E-state index contributed by atoms with van der Waals surface area (Å²) < 4.78 is 12.6. The van der Waals surface area contributed by atoms with Crippen LogP contribution in [-0.4, -0.2) is 19.1 Å². The minimum Gasteiger partial charge on any atom is -1.00 e. The molecule has 0 fully saturated rings. The number of nitrogens with zero attached hydrogens (tertiary/aromatic N) is 2. The normalized spacial score (nSPS) is 10.2. The molecular formula is C18H17ClN2O4. The van der Waals surface area contributed by atoms with E-state index in [1.807, 2.05) is 42.1 Å². The fraction of sp³-hybridized carbons (Fsp3) is 0.167. The molecule has 0 aliphatic rings. The second-order valence-corrected chi connectivity index (χ2v) is 5.41. The zero-order valence-corrected chi connectivity index (χ0v) is 14.8. The van der Waals surface area contributed by atoms with Crippen LogP contribution >= 0.6 is 0 Å². The number of non-ortho nitro benzene ring substituents is 1. The van der Waals surface area contributed by atoms with Crippen LogP contribution in [0.15, 0.2) is 48.7 Å². The van der Waals surface area contributed by atoms with Gasteiger partial charge in [0, 0.05) is 23.6 Å². The molecule has 130 valence electrons. The molecule has 0 N–H and O–H groups in total. The first-order valence-corrected chi connectivity index (χ1v) is 7.33. The second-order valence-electron chi connectivity index (χ2n) is 5.41. The molecule has 0 radical (unpaired) electrons. The van der Waals surface area contributed by atoms with Crippen LogP contribution in [0.5, 0.6) is 11.5 Å². The van der Waals surface area contributed by atoms with Gasteiger partial charge in [-0.25, -0.2) is 4.57 Å². The molecule has 1 heterocycles. The highest BCUT2D eigenvalue weighted by Gasteiger charge is 2.17. The molecule has 3 rings (SSSR count). The molecule has 0 aliphatic heterocycles. The summed E-state index contributed by atoms with van der Waals surface area (Å²) in [6.45, 7) is 0. The average Bonchev–Trinajstić information content (AvgIpc) is 2.60. The number of benzene rings is 2. The highest BCUT2D eigenvalue weighted by molar-refractivity contribution is 5.87. The third-order valence-electron chi connectivity index (χ3n) is 3.95. The Balaban J connectivity index is 0.00000225. The van der Waals surface area contributed by atoms with Crippen molar-refractivity contribution in [2.45, 2.75) is 0 Å². The van der Waals surface area contributed by atoms with Crippen molar-refractivity contribution in [1.29, 1.82) is 0 Å². The maximum Gasteiger partial charge on any atom is 0.270 e. The Labute approximate surface area is 151 Å². The van der Waals surface area contributed by atoms with E-state index in [0.29, 0.717) is 11.5 Å². The van der Waals surface area contributed by atoms with Crippen LogP contribution in [0.3, 0.4) is 0 Å². The van der Waals surface area contributed by atoms with Crippen molar-refractivity contribution in [2.75, 3.05) is 14.2 Å². The molecule has 6 nitrogen and oxygen atoms in total. The van der Waals surface area contributed by atoms with Gasteiger partial charge in [0.25, 0.3) is 5.69 Å². The first-order chi connectivity index (χ1) is 11.5. The van der Waals surface area contributed by atoms with Gasteiger partial charge >= 0.3 is 0 Å². The van der Waals surface area contributed by atoms with E-state index in [-0.39, 0.29) is 18.1 Å². The second kappa shape index (κ2) is 7.36. The molecule has 0 unspecified atom stereocenters. The molecule has 0 spiro atoms. The third-order valence-corrected chi connectivity index (χ3v) is 3.95. The van der Waals surface area contributed by atoms with Gasteiger partial charge in [0.15, 0.2) is 17.7 Å². The molecule has 0 bridgehead atoms. The summed E-state index contributed by atoms with van der Waals surface area (Å²) in [6.07, 6.45) is 1.96. The number of nitro benzene ring substituents is 1. The Morgan fingerprint density at radius 1 is 1.00 bits per heavy atom. The number of pyridine rings is 1. The summed E-state index contributed by atoms with van der Waals surface area (Å²) in [7, 11) is 5.10. The number of fused-ring (bicyclic) bond motifs is 1. The summed E-state index contributed by atoms with van der Waals surface area (Å²) in [6, 6.07) is 12.4. The van der Waals surface area contributed by atoms with Crippen molar-refractivity contribution < 1.29 is 31.4 Å². The smallest absolute Gasteiger partial charge is 0.270 e. The van der Waals surface area contributed by atoms with Gasteiger partial charge < -0.3 is 21.9 Å². The van der Waals surface area contributed by atoms with Crippen molar-refractivity contribution in [3.05, 3.63) is 58.8 Å². The van der Waals surface area contributed by atoms with E-state index in [1.54, 1.807) is 26.4 Å². The van der Waals surface area contributed by atoms with Crippen molar-refractivity contribution in [1.82, 2.24) is 0 Å². The van der Waals surface area contributed by atoms with Crippen molar-refractivity contribution in [3.8, 4) is 22.8 Å². The van der Waals surface area contributed by atoms with Crippen molar-refractivity contribution in [3.63, 3.8) is 0 Å². The van der Waals surface area contributed by atoms with E-state index in [1.165, 1.54) is 6.07 Å². The summed E-state index contributed by atoms with van der Waals surface area (Å²) in [4.78, 5) is 10.6. The zero-order chi connectivity index (χ0) is 17.3. The Morgan fingerprint density at radius 3 is 2.24 bits per heavy atom. The highest BCUT2D eigenvalue weighted by atomic mass is 35.5. The number of rotatable bonds is 4. The summed E-state index contributed by atoms with van der Waals surface area (Å²) in [5.74, 6) is 1.30. The molecule has 2 aromatic carbocycles. The van der Waals surface area contributed by atoms with Crippen LogP contribution in [-0.2, 0) is 7.05 Å². The highest BCUT2D eigenvalue weighted by Crippen LogP contribution is 2.33. The van der Waals surface area contributed by atoms with Crippen LogP contribution < -0.4 is 26.4 Å². The first kappa shape index (κ1) is 18.5. The lowest BCUT2D eigenvalue weighted by Gasteiger charge is -2.09. The number of halogens is 1. The van der Waals surface area contributed by atoms with Gasteiger partial charge in [0.1, 0.15) is 7.05 Å². The largest absolute Gasteiger partial charge is 1.00 e. The van der Waals surface area contributed by atoms with Gasteiger partial charge in [-0.05, 0) is 23.6 Å². The Morgan fingerprint density at radius 2 is 1.64 bits per heavy atom. The first-order valence-electron chi connectivity index (χ1n) is 7.33. The summed E-state index contributed by atoms with van der Waals surface area (Å²) >= 11 is 0. The molecule has 7 heteroatoms. The number of aromatic nitrogens is 1. The predicted octanol–water partition coefficient (Wildman–Crippen LogP) is 0.261. The number of hydrogen-bond donors (Lipinski definition) is 0. The monoisotopic (exact) mass is 360 g/mol.